The van der Waals surface area contributed by atoms with Crippen molar-refractivity contribution in [3.63, 3.8) is 0 Å². The van der Waals surface area contributed by atoms with Gasteiger partial charge in [0.25, 0.3) is 0 Å². The van der Waals surface area contributed by atoms with Gasteiger partial charge in [-0.1, -0.05) is 6.07 Å². The van der Waals surface area contributed by atoms with Crippen molar-refractivity contribution < 1.29 is 9.15 Å². The molecule has 1 aromatic carbocycles. The average Bonchev–Trinajstić information content (AvgIpc) is 2.64. The van der Waals surface area contributed by atoms with Crippen LogP contribution in [0.2, 0.25) is 0 Å². The zero-order valence-corrected chi connectivity index (χ0v) is 8.27. The van der Waals surface area contributed by atoms with Crippen LogP contribution >= 0.6 is 0 Å². The molecule has 0 saturated carbocycles. The number of hydrogen-bond donors (Lipinski definition) is 1. The molecule has 0 spiro atoms. The summed E-state index contributed by atoms with van der Waals surface area (Å²) in [7, 11) is 0. The monoisotopic (exact) mass is 204 g/mol. The fraction of sp³-hybridized carbons (Fsp3) is 0.364. The fourth-order valence-corrected chi connectivity index (χ4v) is 1.94. The van der Waals surface area contributed by atoms with Gasteiger partial charge in [0.2, 0.25) is 0 Å². The lowest BCUT2D eigenvalue weighted by molar-refractivity contribution is -0.0549. The maximum absolute atomic E-state index is 5.79. The standard InChI is InChI=1S/C11H12N2O2/c12-4-11(5-14-6-11)8-1-2-9-10(3-8)15-7-13-9/h1-3,7H,4-6,12H2. The van der Waals surface area contributed by atoms with Crippen molar-refractivity contribution in [1.29, 1.82) is 0 Å². The molecule has 1 fully saturated rings. The SMILES string of the molecule is NCC1(c2ccc3ncoc3c2)COC1. The lowest BCUT2D eigenvalue weighted by atomic mass is 9.79. The predicted octanol–water partition coefficient (Wildman–Crippen LogP) is 1.05. The van der Waals surface area contributed by atoms with E-state index in [-0.39, 0.29) is 5.41 Å². The highest BCUT2D eigenvalue weighted by Crippen LogP contribution is 2.32. The molecule has 15 heavy (non-hydrogen) atoms. The van der Waals surface area contributed by atoms with Crippen LogP contribution < -0.4 is 5.73 Å². The molecule has 0 unspecified atom stereocenters. The Balaban J connectivity index is 2.10. The summed E-state index contributed by atoms with van der Waals surface area (Å²) < 4.78 is 10.5. The van der Waals surface area contributed by atoms with Crippen LogP contribution in [0.3, 0.4) is 0 Å². The molecule has 1 saturated heterocycles. The number of rotatable bonds is 2. The summed E-state index contributed by atoms with van der Waals surface area (Å²) in [4.78, 5) is 4.08. The van der Waals surface area contributed by atoms with Crippen molar-refractivity contribution in [2.75, 3.05) is 19.8 Å². The van der Waals surface area contributed by atoms with Gasteiger partial charge in [-0.05, 0) is 17.7 Å². The summed E-state index contributed by atoms with van der Waals surface area (Å²) in [5.41, 5.74) is 8.66. The zero-order valence-electron chi connectivity index (χ0n) is 8.27. The highest BCUT2D eigenvalue weighted by molar-refractivity contribution is 5.73. The van der Waals surface area contributed by atoms with Crippen LogP contribution in [0.4, 0.5) is 0 Å². The third-order valence-corrected chi connectivity index (χ3v) is 3.09. The Labute approximate surface area is 87.0 Å². The minimum atomic E-state index is -0.0129. The van der Waals surface area contributed by atoms with Gasteiger partial charge in [-0.3, -0.25) is 0 Å². The fourth-order valence-electron chi connectivity index (χ4n) is 1.94. The van der Waals surface area contributed by atoms with Gasteiger partial charge in [0.15, 0.2) is 12.0 Å². The van der Waals surface area contributed by atoms with Gasteiger partial charge >= 0.3 is 0 Å². The third-order valence-electron chi connectivity index (χ3n) is 3.09. The summed E-state index contributed by atoms with van der Waals surface area (Å²) in [5, 5.41) is 0. The minimum absolute atomic E-state index is 0.0129. The van der Waals surface area contributed by atoms with Crippen molar-refractivity contribution >= 4 is 11.1 Å². The predicted molar refractivity (Wildman–Crippen MR) is 55.6 cm³/mol. The number of nitrogens with two attached hydrogens (primary N) is 1. The maximum Gasteiger partial charge on any atom is 0.181 e. The molecular weight excluding hydrogens is 192 g/mol. The number of hydrogen-bond acceptors (Lipinski definition) is 4. The van der Waals surface area contributed by atoms with Crippen LogP contribution in [-0.4, -0.2) is 24.7 Å². The number of aromatic nitrogens is 1. The van der Waals surface area contributed by atoms with Crippen molar-refractivity contribution in [2.24, 2.45) is 5.73 Å². The van der Waals surface area contributed by atoms with E-state index in [4.69, 9.17) is 14.9 Å². The lowest BCUT2D eigenvalue weighted by Crippen LogP contribution is -2.52. The zero-order chi connectivity index (χ0) is 10.3. The van der Waals surface area contributed by atoms with E-state index in [2.05, 4.69) is 11.1 Å². The molecule has 78 valence electrons. The van der Waals surface area contributed by atoms with Crippen LogP contribution in [0.25, 0.3) is 11.1 Å². The molecule has 3 rings (SSSR count). The van der Waals surface area contributed by atoms with Crippen LogP contribution in [-0.2, 0) is 10.2 Å². The van der Waals surface area contributed by atoms with Crippen molar-refractivity contribution in [3.05, 3.63) is 30.2 Å². The van der Waals surface area contributed by atoms with E-state index in [9.17, 15) is 0 Å². The topological polar surface area (TPSA) is 61.3 Å². The van der Waals surface area contributed by atoms with E-state index in [1.807, 2.05) is 12.1 Å². The molecule has 2 heterocycles. The third kappa shape index (κ3) is 1.19. The molecular formula is C11H12N2O2. The van der Waals surface area contributed by atoms with E-state index in [1.165, 1.54) is 12.0 Å². The highest BCUT2D eigenvalue weighted by atomic mass is 16.5. The smallest absolute Gasteiger partial charge is 0.181 e. The second kappa shape index (κ2) is 3.05. The minimum Gasteiger partial charge on any atom is -0.443 e. The first-order valence-electron chi connectivity index (χ1n) is 4.96. The number of benzene rings is 1. The van der Waals surface area contributed by atoms with Gasteiger partial charge in [-0.15, -0.1) is 0 Å². The normalized spacial score (nSPS) is 19.0. The van der Waals surface area contributed by atoms with E-state index >= 15 is 0 Å². The summed E-state index contributed by atoms with van der Waals surface area (Å²) in [6.45, 7) is 2.00. The quantitative estimate of drug-likeness (QED) is 0.794. The van der Waals surface area contributed by atoms with E-state index < -0.39 is 0 Å². The Kier molecular flexibility index (Phi) is 1.81. The number of fused-ring (bicyclic) bond motifs is 1. The summed E-state index contributed by atoms with van der Waals surface area (Å²) in [6, 6.07) is 6.03. The lowest BCUT2D eigenvalue weighted by Gasteiger charge is -2.40. The number of nitrogens with zero attached hydrogens (tertiary/aromatic N) is 1. The Hall–Kier alpha value is -1.39. The molecule has 1 aliphatic rings. The summed E-state index contributed by atoms with van der Waals surface area (Å²) in [5.74, 6) is 0. The number of oxazole rings is 1. The molecule has 4 heteroatoms. The van der Waals surface area contributed by atoms with E-state index in [0.717, 1.165) is 11.1 Å². The molecule has 1 aromatic heterocycles. The molecule has 0 aliphatic carbocycles. The molecule has 2 aromatic rings. The second-order valence-electron chi connectivity index (χ2n) is 4.01. The van der Waals surface area contributed by atoms with Crippen LogP contribution in [0.15, 0.2) is 29.0 Å². The summed E-state index contributed by atoms with van der Waals surface area (Å²) >= 11 is 0. The molecule has 0 radical (unpaired) electrons. The first-order chi connectivity index (χ1) is 7.34. The van der Waals surface area contributed by atoms with Crippen LogP contribution in [0, 0.1) is 0 Å². The van der Waals surface area contributed by atoms with Gasteiger partial charge in [-0.2, -0.15) is 0 Å². The van der Waals surface area contributed by atoms with Gasteiger partial charge < -0.3 is 14.9 Å². The van der Waals surface area contributed by atoms with Gasteiger partial charge in [0, 0.05) is 6.54 Å². The van der Waals surface area contributed by atoms with E-state index in [0.29, 0.717) is 19.8 Å². The van der Waals surface area contributed by atoms with Crippen LogP contribution in [0.1, 0.15) is 5.56 Å². The van der Waals surface area contributed by atoms with Gasteiger partial charge in [-0.25, -0.2) is 4.98 Å². The Morgan fingerprint density at radius 1 is 1.40 bits per heavy atom. The molecule has 0 bridgehead atoms. The largest absolute Gasteiger partial charge is 0.443 e. The van der Waals surface area contributed by atoms with Crippen molar-refractivity contribution in [3.8, 4) is 0 Å². The van der Waals surface area contributed by atoms with E-state index in [1.54, 1.807) is 0 Å². The highest BCUT2D eigenvalue weighted by Gasteiger charge is 2.39. The first kappa shape index (κ1) is 8.88. The van der Waals surface area contributed by atoms with Crippen molar-refractivity contribution in [2.45, 2.75) is 5.41 Å². The first-order valence-corrected chi connectivity index (χ1v) is 4.96. The molecule has 0 atom stereocenters. The second-order valence-corrected chi connectivity index (χ2v) is 4.01. The Bertz CT molecular complexity index is 483. The molecule has 0 amide bonds. The molecule has 2 N–H and O–H groups in total. The maximum atomic E-state index is 5.79. The molecule has 4 nitrogen and oxygen atoms in total. The van der Waals surface area contributed by atoms with Gasteiger partial charge in [0.1, 0.15) is 5.52 Å². The van der Waals surface area contributed by atoms with Crippen molar-refractivity contribution in [1.82, 2.24) is 4.98 Å². The Morgan fingerprint density at radius 3 is 2.93 bits per heavy atom. The van der Waals surface area contributed by atoms with Gasteiger partial charge in [0.05, 0.1) is 18.6 Å². The molecule has 1 aliphatic heterocycles. The number of ether oxygens (including phenoxy) is 1. The van der Waals surface area contributed by atoms with Crippen LogP contribution in [0.5, 0.6) is 0 Å². The average molecular weight is 204 g/mol. The Morgan fingerprint density at radius 2 is 2.27 bits per heavy atom. The summed E-state index contributed by atoms with van der Waals surface area (Å²) in [6.07, 6.45) is 1.46.